The Kier molecular flexibility index (Phi) is 17.3. The number of nitrogens with zero attached hydrogens (tertiary/aromatic N) is 1. The molecule has 76 heavy (non-hydrogen) atoms. The Hall–Kier alpha value is -4.43. The summed E-state index contributed by atoms with van der Waals surface area (Å²) in [5.74, 6) is 0.863. The van der Waals surface area contributed by atoms with Gasteiger partial charge in [0, 0.05) is 77.4 Å². The van der Waals surface area contributed by atoms with Gasteiger partial charge in [0.25, 0.3) is 11.8 Å². The highest BCUT2D eigenvalue weighted by atomic mass is 32.1. The lowest BCUT2D eigenvalue weighted by Gasteiger charge is -2.13. The number of imide groups is 1. The first kappa shape index (κ1) is 54.9. The van der Waals surface area contributed by atoms with Crippen molar-refractivity contribution in [2.75, 3.05) is 6.54 Å². The number of hydrogen-bond acceptors (Lipinski definition) is 8. The fourth-order valence-corrected chi connectivity index (χ4v) is 19.0. The summed E-state index contributed by atoms with van der Waals surface area (Å²) in [6.45, 7) is 13.9. The number of thiophene rings is 6. The molecule has 2 amide bonds. The summed E-state index contributed by atoms with van der Waals surface area (Å²) >= 11 is 10.4. The molecule has 2 unspecified atom stereocenters. The molecule has 0 fully saturated rings. The molecule has 0 aliphatic carbocycles. The summed E-state index contributed by atoms with van der Waals surface area (Å²) in [6.07, 6.45) is 13.6. The number of carbonyl (C=O) groups excluding carboxylic acids is 2. The minimum atomic E-state index is -4.42. The van der Waals surface area contributed by atoms with Gasteiger partial charge in [-0.1, -0.05) is 160 Å². The summed E-state index contributed by atoms with van der Waals surface area (Å²) < 4.78 is 45.0. The molecule has 0 saturated carbocycles. The fraction of sp³-hybridized carbons (Fsp3) is 0.406. The molecule has 3 nitrogen and oxygen atoms in total. The van der Waals surface area contributed by atoms with E-state index in [4.69, 9.17) is 0 Å². The van der Waals surface area contributed by atoms with Crippen LogP contribution in [0, 0.1) is 18.8 Å². The number of amides is 2. The van der Waals surface area contributed by atoms with Crippen molar-refractivity contribution in [1.29, 1.82) is 0 Å². The van der Waals surface area contributed by atoms with Crippen LogP contribution in [0.2, 0.25) is 0 Å². The van der Waals surface area contributed by atoms with Gasteiger partial charge in [0.1, 0.15) is 4.88 Å². The van der Waals surface area contributed by atoms with Crippen LogP contribution >= 0.6 is 68.0 Å². The Bertz CT molecular complexity index is 3370. The predicted octanol–water partition coefficient (Wildman–Crippen LogP) is 22.7. The highest BCUT2D eigenvalue weighted by Crippen LogP contribution is 2.58. The molecule has 3 aromatic carbocycles. The highest BCUT2D eigenvalue weighted by molar-refractivity contribution is 7.33. The standard InChI is InChI=1S/C64H68F3NO2S6/c1-7-12-15-16-17-18-33-68-62(69)55-54-56(42-23-21-38(6)22-24-42)75-59(60(54)76-61(55)63(68)70)51-37-47-53(49-32-30-45(72-49)35-40(11-5)20-14-9-3)57-46(36-50(73-57)41-25-27-43(28-26-41)64(65,66)67)52(58(47)74-51)48-31-29-44(71-48)34-39(10-4)19-13-8-2/h21-32,36-37,39-40H,7-20,33-35H2,1-6H3. The normalized spacial score (nSPS) is 13.9. The van der Waals surface area contributed by atoms with Gasteiger partial charge in [-0.05, 0) is 97.7 Å². The van der Waals surface area contributed by atoms with Gasteiger partial charge in [-0.3, -0.25) is 14.5 Å². The Balaban J connectivity index is 1.19. The number of aryl methyl sites for hydroxylation is 1. The summed E-state index contributed by atoms with van der Waals surface area (Å²) in [5, 5.41) is 3.15. The minimum Gasteiger partial charge on any atom is -0.274 e. The molecule has 1 aliphatic heterocycles. The molecule has 10 rings (SSSR count). The van der Waals surface area contributed by atoms with E-state index in [2.05, 4.69) is 102 Å². The molecule has 0 N–H and O–H groups in total. The molecule has 0 saturated heterocycles. The lowest BCUT2D eigenvalue weighted by molar-refractivity contribution is -0.137. The van der Waals surface area contributed by atoms with Crippen molar-refractivity contribution in [3.63, 3.8) is 0 Å². The highest BCUT2D eigenvalue weighted by Gasteiger charge is 2.41. The van der Waals surface area contributed by atoms with Crippen molar-refractivity contribution in [3.8, 4) is 51.5 Å². The van der Waals surface area contributed by atoms with Crippen molar-refractivity contribution in [2.24, 2.45) is 11.8 Å². The van der Waals surface area contributed by atoms with E-state index < -0.39 is 11.7 Å². The molecule has 0 radical (unpaired) electrons. The maximum absolute atomic E-state index is 14.6. The summed E-state index contributed by atoms with van der Waals surface area (Å²) in [5.41, 5.74) is 5.18. The number of unbranched alkanes of at least 4 members (excludes halogenated alkanes) is 7. The summed E-state index contributed by atoms with van der Waals surface area (Å²) in [6, 6.07) is 28.0. The zero-order chi connectivity index (χ0) is 53.3. The molecule has 398 valence electrons. The number of carbonyl (C=O) groups is 2. The van der Waals surface area contributed by atoms with E-state index in [0.717, 1.165) is 118 Å². The average molecular weight is 1130 g/mol. The van der Waals surface area contributed by atoms with Crippen molar-refractivity contribution < 1.29 is 22.8 Å². The van der Waals surface area contributed by atoms with Crippen molar-refractivity contribution in [2.45, 2.75) is 150 Å². The number of halogens is 3. The molecule has 9 aromatic rings. The molecule has 6 aromatic heterocycles. The van der Waals surface area contributed by atoms with Crippen LogP contribution in [-0.4, -0.2) is 23.3 Å². The van der Waals surface area contributed by atoms with Crippen LogP contribution in [0.3, 0.4) is 0 Å². The van der Waals surface area contributed by atoms with Crippen LogP contribution in [0.15, 0.2) is 84.9 Å². The van der Waals surface area contributed by atoms with Gasteiger partial charge in [-0.25, -0.2) is 0 Å². The molecular formula is C64H68F3NO2S6. The summed E-state index contributed by atoms with van der Waals surface area (Å²) in [4.78, 5) is 40.3. The SMILES string of the molecule is CCCCCCCCN1C(=O)c2sc3c(-c4cc5c(-c6ccc(CC(CC)CCCC)s6)c6sc(-c7ccc(C(F)(F)F)cc7)cc6c(-c6ccc(CC(CC)CCCC)s6)c5s4)sc(-c4ccc(C)cc4)c3c2C1=O. The maximum atomic E-state index is 14.6. The van der Waals surface area contributed by atoms with E-state index >= 15 is 0 Å². The second-order valence-electron chi connectivity index (χ2n) is 21.0. The van der Waals surface area contributed by atoms with Gasteiger partial charge in [-0.2, -0.15) is 13.2 Å². The van der Waals surface area contributed by atoms with Gasteiger partial charge in [0.05, 0.1) is 20.7 Å². The van der Waals surface area contributed by atoms with Crippen molar-refractivity contribution in [1.82, 2.24) is 4.90 Å². The minimum absolute atomic E-state index is 0.174. The second-order valence-corrected chi connectivity index (χ2v) is 27.5. The Labute approximate surface area is 470 Å². The number of rotatable bonds is 24. The quantitative estimate of drug-likeness (QED) is 0.0447. The van der Waals surface area contributed by atoms with E-state index in [9.17, 15) is 22.8 Å². The second kappa shape index (κ2) is 23.9. The number of fused-ring (bicyclic) bond motifs is 5. The van der Waals surface area contributed by atoms with Crippen molar-refractivity contribution in [3.05, 3.63) is 116 Å². The lowest BCUT2D eigenvalue weighted by Crippen LogP contribution is -2.30. The molecule has 2 atom stereocenters. The molecule has 0 bridgehead atoms. The first-order valence-electron chi connectivity index (χ1n) is 27.7. The van der Waals surface area contributed by atoms with E-state index in [-0.39, 0.29) is 11.8 Å². The topological polar surface area (TPSA) is 37.4 Å². The third-order valence-electron chi connectivity index (χ3n) is 15.6. The monoisotopic (exact) mass is 1130 g/mol. The first-order valence-corrected chi connectivity index (χ1v) is 32.6. The van der Waals surface area contributed by atoms with Gasteiger partial charge >= 0.3 is 6.18 Å². The predicted molar refractivity (Wildman–Crippen MR) is 326 cm³/mol. The Morgan fingerprint density at radius 2 is 1.03 bits per heavy atom. The number of benzene rings is 3. The van der Waals surface area contributed by atoms with Crippen LogP contribution in [0.1, 0.15) is 165 Å². The molecule has 1 aliphatic rings. The largest absolute Gasteiger partial charge is 0.416 e. The van der Waals surface area contributed by atoms with E-state index in [0.29, 0.717) is 28.8 Å². The maximum Gasteiger partial charge on any atom is 0.416 e. The lowest BCUT2D eigenvalue weighted by atomic mass is 9.95. The molecule has 12 heteroatoms. The average Bonchev–Trinajstić information content (AvgIpc) is 4.33. The Morgan fingerprint density at radius 3 is 1.59 bits per heavy atom. The van der Waals surface area contributed by atoms with E-state index in [1.54, 1.807) is 46.1 Å². The smallest absolute Gasteiger partial charge is 0.274 e. The van der Waals surface area contributed by atoms with Crippen molar-refractivity contribution >= 4 is 110 Å². The number of alkyl halides is 3. The van der Waals surface area contributed by atoms with Gasteiger partial charge in [0.2, 0.25) is 0 Å². The fourth-order valence-electron chi connectivity index (χ4n) is 11.1. The summed E-state index contributed by atoms with van der Waals surface area (Å²) in [7, 11) is 0. The van der Waals surface area contributed by atoms with Crippen LogP contribution in [0.25, 0.3) is 81.8 Å². The molecule has 7 heterocycles. The molecule has 0 spiro atoms. The zero-order valence-electron chi connectivity index (χ0n) is 44.6. The van der Waals surface area contributed by atoms with Gasteiger partial charge < -0.3 is 0 Å². The van der Waals surface area contributed by atoms with Gasteiger partial charge in [0.15, 0.2) is 0 Å². The number of hydrogen-bond donors (Lipinski definition) is 0. The van der Waals surface area contributed by atoms with E-state index in [1.165, 1.54) is 110 Å². The first-order chi connectivity index (χ1) is 36.8. The van der Waals surface area contributed by atoms with Crippen LogP contribution in [0.5, 0.6) is 0 Å². The zero-order valence-corrected chi connectivity index (χ0v) is 49.5. The van der Waals surface area contributed by atoms with Crippen LogP contribution in [-0.2, 0) is 19.0 Å². The molecular weight excluding hydrogens is 1060 g/mol. The van der Waals surface area contributed by atoms with Gasteiger partial charge in [-0.15, -0.1) is 68.0 Å². The van der Waals surface area contributed by atoms with Crippen LogP contribution in [0.4, 0.5) is 13.2 Å². The third-order valence-corrected chi connectivity index (χ3v) is 22.9. The Morgan fingerprint density at radius 1 is 0.487 bits per heavy atom. The van der Waals surface area contributed by atoms with E-state index in [1.807, 2.05) is 22.7 Å². The van der Waals surface area contributed by atoms with Crippen LogP contribution < -0.4 is 0 Å². The third kappa shape index (κ3) is 11.1.